The highest BCUT2D eigenvalue weighted by Crippen LogP contribution is 2.41. The van der Waals surface area contributed by atoms with Crippen molar-refractivity contribution in [2.45, 2.75) is 20.8 Å². The van der Waals surface area contributed by atoms with E-state index in [1.165, 1.54) is 38.1 Å². The predicted octanol–water partition coefficient (Wildman–Crippen LogP) is 3.66. The van der Waals surface area contributed by atoms with E-state index < -0.39 is 16.8 Å². The third-order valence-electron chi connectivity index (χ3n) is 3.36. The third kappa shape index (κ3) is 3.94. The SMILES string of the molecule is CCOC(=O)c1c(NC(C)=O)sc(C(C)=O)c1-c1ccc([N+](=O)[O-])cc1. The van der Waals surface area contributed by atoms with Gasteiger partial charge in [-0.3, -0.25) is 19.7 Å². The molecule has 1 heterocycles. The third-order valence-corrected chi connectivity index (χ3v) is 4.57. The lowest BCUT2D eigenvalue weighted by Crippen LogP contribution is -2.11. The Morgan fingerprint density at radius 2 is 1.81 bits per heavy atom. The van der Waals surface area contributed by atoms with Gasteiger partial charge in [0.25, 0.3) is 5.69 Å². The van der Waals surface area contributed by atoms with Crippen LogP contribution in [0.4, 0.5) is 10.7 Å². The topological polar surface area (TPSA) is 116 Å². The minimum Gasteiger partial charge on any atom is -0.462 e. The Kier molecular flexibility index (Phi) is 5.83. The summed E-state index contributed by atoms with van der Waals surface area (Å²) in [4.78, 5) is 46.6. The first-order valence-electron chi connectivity index (χ1n) is 7.63. The van der Waals surface area contributed by atoms with Crippen LogP contribution in [0, 0.1) is 10.1 Å². The molecule has 136 valence electrons. The number of benzene rings is 1. The molecule has 0 aliphatic rings. The summed E-state index contributed by atoms with van der Waals surface area (Å²) in [5.74, 6) is -1.39. The van der Waals surface area contributed by atoms with Gasteiger partial charge in [-0.2, -0.15) is 0 Å². The summed E-state index contributed by atoms with van der Waals surface area (Å²) in [7, 11) is 0. The molecule has 0 aliphatic heterocycles. The van der Waals surface area contributed by atoms with Gasteiger partial charge in [-0.25, -0.2) is 4.79 Å². The maximum Gasteiger partial charge on any atom is 0.341 e. The van der Waals surface area contributed by atoms with Crippen molar-refractivity contribution >= 4 is 39.7 Å². The van der Waals surface area contributed by atoms with Crippen LogP contribution in [0.3, 0.4) is 0 Å². The van der Waals surface area contributed by atoms with Crippen LogP contribution < -0.4 is 5.32 Å². The molecule has 1 N–H and O–H groups in total. The minimum absolute atomic E-state index is 0.0612. The van der Waals surface area contributed by atoms with Crippen molar-refractivity contribution in [3.8, 4) is 11.1 Å². The van der Waals surface area contributed by atoms with E-state index in [0.717, 1.165) is 11.3 Å². The summed E-state index contributed by atoms with van der Waals surface area (Å²) < 4.78 is 5.06. The van der Waals surface area contributed by atoms with E-state index in [0.29, 0.717) is 11.1 Å². The fraction of sp³-hybridized carbons (Fsp3) is 0.235. The molecule has 8 nitrogen and oxygen atoms in total. The number of nitrogens with zero attached hydrogens (tertiary/aromatic N) is 1. The fourth-order valence-electron chi connectivity index (χ4n) is 2.35. The van der Waals surface area contributed by atoms with Gasteiger partial charge in [-0.05, 0) is 31.5 Å². The molecule has 2 rings (SSSR count). The molecule has 0 saturated carbocycles. The standard InChI is InChI=1S/C17H16N2O6S/c1-4-25-17(22)14-13(11-5-7-12(8-6-11)19(23)24)15(9(2)20)26-16(14)18-10(3)21/h5-8H,4H2,1-3H3,(H,18,21). The number of hydrogen-bond donors (Lipinski definition) is 1. The van der Waals surface area contributed by atoms with Crippen LogP contribution in [-0.4, -0.2) is 29.2 Å². The van der Waals surface area contributed by atoms with Crippen molar-refractivity contribution in [3.05, 3.63) is 44.8 Å². The van der Waals surface area contributed by atoms with Crippen molar-refractivity contribution in [2.24, 2.45) is 0 Å². The van der Waals surface area contributed by atoms with Gasteiger partial charge >= 0.3 is 5.97 Å². The van der Waals surface area contributed by atoms with Crippen LogP contribution in [0.25, 0.3) is 11.1 Å². The molecule has 0 saturated heterocycles. The van der Waals surface area contributed by atoms with Gasteiger partial charge in [0.2, 0.25) is 5.91 Å². The van der Waals surface area contributed by atoms with Gasteiger partial charge in [0.05, 0.1) is 16.4 Å². The number of nitro groups is 1. The fourth-order valence-corrected chi connectivity index (χ4v) is 3.50. The lowest BCUT2D eigenvalue weighted by Gasteiger charge is -2.08. The zero-order valence-corrected chi connectivity index (χ0v) is 15.1. The first-order chi connectivity index (χ1) is 12.3. The Morgan fingerprint density at radius 1 is 1.19 bits per heavy atom. The molecular formula is C17H16N2O6S. The number of ether oxygens (including phenoxy) is 1. The predicted molar refractivity (Wildman–Crippen MR) is 96.7 cm³/mol. The lowest BCUT2D eigenvalue weighted by molar-refractivity contribution is -0.384. The van der Waals surface area contributed by atoms with Gasteiger partial charge in [-0.15, -0.1) is 11.3 Å². The Morgan fingerprint density at radius 3 is 2.27 bits per heavy atom. The summed E-state index contributed by atoms with van der Waals surface area (Å²) >= 11 is 0.966. The lowest BCUT2D eigenvalue weighted by atomic mass is 9.99. The van der Waals surface area contributed by atoms with Gasteiger partial charge in [0.15, 0.2) is 5.78 Å². The molecule has 26 heavy (non-hydrogen) atoms. The number of Topliss-reactive ketones (excluding diaryl/α,β-unsaturated/α-hetero) is 1. The van der Waals surface area contributed by atoms with Crippen molar-refractivity contribution < 1.29 is 24.0 Å². The molecule has 0 spiro atoms. The summed E-state index contributed by atoms with van der Waals surface area (Å²) in [5.41, 5.74) is 0.676. The number of anilines is 1. The van der Waals surface area contributed by atoms with Gasteiger partial charge in [0.1, 0.15) is 10.6 Å². The first kappa shape index (κ1) is 19.3. The van der Waals surface area contributed by atoms with Crippen molar-refractivity contribution in [1.82, 2.24) is 0 Å². The van der Waals surface area contributed by atoms with Crippen LogP contribution in [0.1, 0.15) is 40.8 Å². The number of hydrogen-bond acceptors (Lipinski definition) is 7. The summed E-state index contributed by atoms with van der Waals surface area (Å²) in [6.07, 6.45) is 0. The largest absolute Gasteiger partial charge is 0.462 e. The second-order valence-electron chi connectivity index (χ2n) is 5.27. The van der Waals surface area contributed by atoms with Gasteiger partial charge in [-0.1, -0.05) is 0 Å². The highest BCUT2D eigenvalue weighted by atomic mass is 32.1. The molecular weight excluding hydrogens is 360 g/mol. The van der Waals surface area contributed by atoms with Crippen molar-refractivity contribution in [2.75, 3.05) is 11.9 Å². The van der Waals surface area contributed by atoms with E-state index in [1.807, 2.05) is 0 Å². The Balaban J connectivity index is 2.72. The number of non-ortho nitro benzene ring substituents is 1. The number of carbonyl (C=O) groups is 3. The Labute approximate surface area is 152 Å². The summed E-state index contributed by atoms with van der Waals surface area (Å²) in [5, 5.41) is 13.6. The number of esters is 1. The maximum absolute atomic E-state index is 12.5. The molecule has 0 unspecified atom stereocenters. The molecule has 1 amide bonds. The van der Waals surface area contributed by atoms with E-state index in [9.17, 15) is 24.5 Å². The number of nitro benzene ring substituents is 1. The van der Waals surface area contributed by atoms with Crippen LogP contribution in [-0.2, 0) is 9.53 Å². The summed E-state index contributed by atoms with van der Waals surface area (Å²) in [6.45, 7) is 4.38. The second kappa shape index (κ2) is 7.87. The van der Waals surface area contributed by atoms with Crippen molar-refractivity contribution in [3.63, 3.8) is 0 Å². The molecule has 1 aromatic carbocycles. The van der Waals surface area contributed by atoms with E-state index in [1.54, 1.807) is 6.92 Å². The zero-order valence-electron chi connectivity index (χ0n) is 14.3. The van der Waals surface area contributed by atoms with Gasteiger partial charge < -0.3 is 10.1 Å². The molecule has 0 radical (unpaired) electrons. The normalized spacial score (nSPS) is 10.3. The van der Waals surface area contributed by atoms with Gasteiger partial charge in [0, 0.05) is 24.6 Å². The number of thiophene rings is 1. The average molecular weight is 376 g/mol. The smallest absolute Gasteiger partial charge is 0.341 e. The van der Waals surface area contributed by atoms with Crippen LogP contribution in [0.5, 0.6) is 0 Å². The molecule has 0 atom stereocenters. The number of ketones is 1. The minimum atomic E-state index is -0.687. The highest BCUT2D eigenvalue weighted by molar-refractivity contribution is 7.19. The van der Waals surface area contributed by atoms with Crippen LogP contribution in [0.15, 0.2) is 24.3 Å². The van der Waals surface area contributed by atoms with E-state index >= 15 is 0 Å². The number of amides is 1. The number of carbonyl (C=O) groups excluding carboxylic acids is 3. The monoisotopic (exact) mass is 376 g/mol. The first-order valence-corrected chi connectivity index (χ1v) is 8.45. The summed E-state index contributed by atoms with van der Waals surface area (Å²) in [6, 6.07) is 5.47. The van der Waals surface area contributed by atoms with E-state index in [4.69, 9.17) is 4.74 Å². The van der Waals surface area contributed by atoms with Crippen LogP contribution >= 0.6 is 11.3 Å². The molecule has 1 aromatic heterocycles. The Hall–Kier alpha value is -3.07. The second-order valence-corrected chi connectivity index (χ2v) is 6.29. The zero-order chi connectivity index (χ0) is 19.4. The maximum atomic E-state index is 12.5. The highest BCUT2D eigenvalue weighted by Gasteiger charge is 2.28. The number of rotatable bonds is 6. The number of nitrogens with one attached hydrogen (secondary N) is 1. The van der Waals surface area contributed by atoms with E-state index in [2.05, 4.69) is 5.32 Å². The quantitative estimate of drug-likeness (QED) is 0.356. The molecule has 0 bridgehead atoms. The Bertz CT molecular complexity index is 885. The molecule has 2 aromatic rings. The average Bonchev–Trinajstić information content (AvgIpc) is 2.93. The van der Waals surface area contributed by atoms with Crippen LogP contribution in [0.2, 0.25) is 0 Å². The van der Waals surface area contributed by atoms with E-state index in [-0.39, 0.29) is 33.5 Å². The van der Waals surface area contributed by atoms with Crippen molar-refractivity contribution in [1.29, 1.82) is 0 Å². The molecule has 9 heteroatoms. The molecule has 0 fully saturated rings. The molecule has 0 aliphatic carbocycles.